The van der Waals surface area contributed by atoms with E-state index < -0.39 is 10.0 Å². The predicted molar refractivity (Wildman–Crippen MR) is 123 cm³/mol. The Morgan fingerprint density at radius 3 is 2.43 bits per heavy atom. The van der Waals surface area contributed by atoms with Crippen molar-refractivity contribution in [3.63, 3.8) is 0 Å². The molecule has 1 N–H and O–H groups in total. The normalized spacial score (nSPS) is 11.8. The van der Waals surface area contributed by atoms with E-state index in [9.17, 15) is 13.2 Å². The number of fused-ring (bicyclic) bond motifs is 1. The predicted octanol–water partition coefficient (Wildman–Crippen LogP) is 4.23. The Morgan fingerprint density at radius 2 is 1.77 bits per heavy atom. The largest absolute Gasteiger partial charge is 0.342 e. The van der Waals surface area contributed by atoms with Gasteiger partial charge in [0.25, 0.3) is 10.0 Å². The van der Waals surface area contributed by atoms with Gasteiger partial charge in [-0.3, -0.25) is 9.52 Å². The summed E-state index contributed by atoms with van der Waals surface area (Å²) < 4.78 is 29.3. The number of hydrogen-bond acceptors (Lipinski definition) is 3. The highest BCUT2D eigenvalue weighted by Gasteiger charge is 2.13. The van der Waals surface area contributed by atoms with Crippen molar-refractivity contribution in [2.45, 2.75) is 27.3 Å². The van der Waals surface area contributed by atoms with Gasteiger partial charge >= 0.3 is 0 Å². The molecule has 0 aliphatic heterocycles. The maximum absolute atomic E-state index is 12.4. The second kappa shape index (κ2) is 9.17. The minimum Gasteiger partial charge on any atom is -0.342 e. The van der Waals surface area contributed by atoms with E-state index in [4.69, 9.17) is 0 Å². The molecule has 0 saturated carbocycles. The molecular weight excluding hydrogens is 398 g/mol. The Kier molecular flexibility index (Phi) is 6.62. The molecule has 1 aromatic heterocycles. The smallest absolute Gasteiger partial charge is 0.255 e. The number of likely N-dealkylation sites (N-methyl/N-ethyl adjacent to an activating group) is 1. The minimum absolute atomic E-state index is 0.0588. The molecule has 0 saturated heterocycles. The molecule has 0 fully saturated rings. The summed E-state index contributed by atoms with van der Waals surface area (Å²) in [4.78, 5) is 14.2. The summed E-state index contributed by atoms with van der Waals surface area (Å²) in [6.45, 7) is 7.51. The molecule has 0 aliphatic carbocycles. The number of sulfonamides is 1. The Bertz CT molecular complexity index is 1160. The minimum atomic E-state index is -3.64. The Morgan fingerprint density at radius 1 is 1.07 bits per heavy atom. The van der Waals surface area contributed by atoms with Gasteiger partial charge in [-0.2, -0.15) is 0 Å². The van der Waals surface area contributed by atoms with Gasteiger partial charge in [-0.1, -0.05) is 29.8 Å². The van der Waals surface area contributed by atoms with Crippen molar-refractivity contribution in [3.8, 4) is 0 Å². The van der Waals surface area contributed by atoms with Crippen LogP contribution in [0.2, 0.25) is 0 Å². The molecule has 3 rings (SSSR count). The van der Waals surface area contributed by atoms with Gasteiger partial charge < -0.3 is 9.47 Å². The zero-order valence-corrected chi connectivity index (χ0v) is 18.3. The highest BCUT2D eigenvalue weighted by molar-refractivity contribution is 7.95. The molecule has 1 amide bonds. The molecule has 30 heavy (non-hydrogen) atoms. The van der Waals surface area contributed by atoms with E-state index in [1.807, 2.05) is 67.9 Å². The zero-order valence-electron chi connectivity index (χ0n) is 17.5. The molecule has 0 atom stereocenters. The molecule has 7 heteroatoms. The standard InChI is InChI=1S/C23H27N3O3S/c1-4-25(5-2)23(27)17-26-14-12-20-16-21(10-11-22(20)26)24-30(28,29)15-13-19-8-6-18(3)7-9-19/h6-16,24H,4-5,17H2,1-3H3/b15-13+. The number of aromatic nitrogens is 1. The third-order valence-corrected chi connectivity index (χ3v) is 5.98. The van der Waals surface area contributed by atoms with Crippen LogP contribution in [0.3, 0.4) is 0 Å². The molecule has 0 radical (unpaired) electrons. The van der Waals surface area contributed by atoms with E-state index >= 15 is 0 Å². The summed E-state index contributed by atoms with van der Waals surface area (Å²) in [6, 6.07) is 14.8. The first-order valence-electron chi connectivity index (χ1n) is 9.95. The van der Waals surface area contributed by atoms with Crippen LogP contribution in [0.4, 0.5) is 5.69 Å². The van der Waals surface area contributed by atoms with Crippen LogP contribution in [0.1, 0.15) is 25.0 Å². The van der Waals surface area contributed by atoms with Crippen LogP contribution in [-0.2, 0) is 21.4 Å². The molecule has 1 heterocycles. The first-order valence-corrected chi connectivity index (χ1v) is 11.5. The lowest BCUT2D eigenvalue weighted by atomic mass is 10.2. The van der Waals surface area contributed by atoms with E-state index in [0.29, 0.717) is 18.8 Å². The number of rotatable bonds is 8. The number of carbonyl (C=O) groups excluding carboxylic acids is 1. The van der Waals surface area contributed by atoms with Crippen LogP contribution in [0.5, 0.6) is 0 Å². The summed E-state index contributed by atoms with van der Waals surface area (Å²) in [5, 5.41) is 2.03. The highest BCUT2D eigenvalue weighted by atomic mass is 32.2. The molecule has 3 aromatic rings. The highest BCUT2D eigenvalue weighted by Crippen LogP contribution is 2.22. The number of aryl methyl sites for hydroxylation is 1. The fraction of sp³-hybridized carbons (Fsp3) is 0.261. The van der Waals surface area contributed by atoms with Crippen LogP contribution in [0.25, 0.3) is 17.0 Å². The SMILES string of the molecule is CCN(CC)C(=O)Cn1ccc2cc(NS(=O)(=O)/C=C/c3ccc(C)cc3)ccc21. The fourth-order valence-corrected chi connectivity index (χ4v) is 4.13. The summed E-state index contributed by atoms with van der Waals surface area (Å²) in [6.07, 6.45) is 3.41. The van der Waals surface area contributed by atoms with Gasteiger partial charge in [-0.15, -0.1) is 0 Å². The van der Waals surface area contributed by atoms with Crippen LogP contribution < -0.4 is 4.72 Å². The lowest BCUT2D eigenvalue weighted by Gasteiger charge is -2.19. The average Bonchev–Trinajstić information content (AvgIpc) is 3.10. The summed E-state index contributed by atoms with van der Waals surface area (Å²) >= 11 is 0. The molecule has 6 nitrogen and oxygen atoms in total. The van der Waals surface area contributed by atoms with Crippen LogP contribution in [0, 0.1) is 6.92 Å². The van der Waals surface area contributed by atoms with Crippen molar-refractivity contribution in [3.05, 3.63) is 71.3 Å². The van der Waals surface area contributed by atoms with E-state index in [1.165, 1.54) is 0 Å². The molecule has 2 aromatic carbocycles. The number of nitrogens with zero attached hydrogens (tertiary/aromatic N) is 2. The average molecular weight is 426 g/mol. The van der Waals surface area contributed by atoms with E-state index in [0.717, 1.165) is 27.4 Å². The van der Waals surface area contributed by atoms with Gasteiger partial charge in [-0.25, -0.2) is 8.42 Å². The van der Waals surface area contributed by atoms with Crippen molar-refractivity contribution in [2.75, 3.05) is 17.8 Å². The number of benzene rings is 2. The molecular formula is C23H27N3O3S. The van der Waals surface area contributed by atoms with Gasteiger partial charge in [0.05, 0.1) is 5.41 Å². The number of nitrogens with one attached hydrogen (secondary N) is 1. The molecule has 0 aliphatic rings. The molecule has 0 unspecified atom stereocenters. The van der Waals surface area contributed by atoms with Gasteiger partial charge in [0.2, 0.25) is 5.91 Å². The van der Waals surface area contributed by atoms with Crippen molar-refractivity contribution in [1.29, 1.82) is 0 Å². The summed E-state index contributed by atoms with van der Waals surface area (Å²) in [7, 11) is -3.64. The van der Waals surface area contributed by atoms with E-state index in [-0.39, 0.29) is 12.5 Å². The maximum atomic E-state index is 12.4. The fourth-order valence-electron chi connectivity index (χ4n) is 3.27. The van der Waals surface area contributed by atoms with Crippen molar-refractivity contribution >= 4 is 38.6 Å². The van der Waals surface area contributed by atoms with Crippen molar-refractivity contribution < 1.29 is 13.2 Å². The maximum Gasteiger partial charge on any atom is 0.255 e. The number of carbonyl (C=O) groups is 1. The molecule has 0 bridgehead atoms. The Balaban J connectivity index is 1.74. The molecule has 0 spiro atoms. The van der Waals surface area contributed by atoms with Crippen LogP contribution in [0.15, 0.2) is 60.1 Å². The summed E-state index contributed by atoms with van der Waals surface area (Å²) in [5.74, 6) is 0.0588. The quantitative estimate of drug-likeness (QED) is 0.587. The van der Waals surface area contributed by atoms with Gasteiger partial charge in [-0.05, 0) is 56.7 Å². The Labute approximate surface area is 177 Å². The topological polar surface area (TPSA) is 71.4 Å². The van der Waals surface area contributed by atoms with Gasteiger partial charge in [0, 0.05) is 35.9 Å². The first-order chi connectivity index (χ1) is 14.3. The van der Waals surface area contributed by atoms with Gasteiger partial charge in [0.1, 0.15) is 6.54 Å². The number of hydrogen-bond donors (Lipinski definition) is 1. The van der Waals surface area contributed by atoms with E-state index in [2.05, 4.69) is 4.72 Å². The lowest BCUT2D eigenvalue weighted by Crippen LogP contribution is -2.33. The second-order valence-electron chi connectivity index (χ2n) is 7.14. The third kappa shape index (κ3) is 5.30. The lowest BCUT2D eigenvalue weighted by molar-refractivity contribution is -0.131. The number of anilines is 1. The monoisotopic (exact) mass is 425 g/mol. The first kappa shape index (κ1) is 21.6. The van der Waals surface area contributed by atoms with Crippen LogP contribution in [-0.4, -0.2) is 36.9 Å². The zero-order chi connectivity index (χ0) is 21.7. The Hall–Kier alpha value is -3.06. The van der Waals surface area contributed by atoms with Gasteiger partial charge in [0.15, 0.2) is 0 Å². The molecule has 158 valence electrons. The summed E-state index contributed by atoms with van der Waals surface area (Å²) in [5.41, 5.74) is 3.29. The van der Waals surface area contributed by atoms with E-state index in [1.54, 1.807) is 23.1 Å². The number of amides is 1. The van der Waals surface area contributed by atoms with Crippen molar-refractivity contribution in [1.82, 2.24) is 9.47 Å². The van der Waals surface area contributed by atoms with Crippen LogP contribution >= 0.6 is 0 Å². The second-order valence-corrected chi connectivity index (χ2v) is 8.71. The third-order valence-electron chi connectivity index (χ3n) is 4.97. The van der Waals surface area contributed by atoms with Crippen molar-refractivity contribution in [2.24, 2.45) is 0 Å².